The van der Waals surface area contributed by atoms with Crippen LogP contribution in [0.25, 0.3) is 0 Å². The number of benzene rings is 3. The maximum absolute atomic E-state index is 14.3. The number of amides is 2. The van der Waals surface area contributed by atoms with Crippen LogP contribution in [0.15, 0.2) is 91.0 Å². The number of nitrogens with two attached hydrogens (primary N) is 2. The van der Waals surface area contributed by atoms with Gasteiger partial charge in [-0.3, -0.25) is 9.59 Å². The summed E-state index contributed by atoms with van der Waals surface area (Å²) in [6, 6.07) is 27.9. The summed E-state index contributed by atoms with van der Waals surface area (Å²) in [5, 5.41) is 0. The largest absolute Gasteiger partial charge is 0.368 e. The van der Waals surface area contributed by atoms with E-state index in [4.69, 9.17) is 11.5 Å². The molecule has 3 aromatic carbocycles. The second-order valence-corrected chi connectivity index (χ2v) is 7.94. The lowest BCUT2D eigenvalue weighted by atomic mass is 9.88. The fourth-order valence-corrected chi connectivity index (χ4v) is 4.15. The molecule has 0 aromatic heterocycles. The summed E-state index contributed by atoms with van der Waals surface area (Å²) in [5.74, 6) is -1.22. The Hall–Kier alpha value is -3.44. The molecule has 0 saturated heterocycles. The van der Waals surface area contributed by atoms with Crippen molar-refractivity contribution in [1.82, 2.24) is 4.90 Å². The Bertz CT molecular complexity index is 954. The Morgan fingerprint density at radius 3 is 1.62 bits per heavy atom. The van der Waals surface area contributed by atoms with Gasteiger partial charge >= 0.3 is 0 Å². The summed E-state index contributed by atoms with van der Waals surface area (Å²) in [7, 11) is 0. The molecular weight excluding hydrogens is 398 g/mol. The van der Waals surface area contributed by atoms with Crippen LogP contribution in [0.4, 0.5) is 0 Å². The van der Waals surface area contributed by atoms with E-state index in [-0.39, 0.29) is 11.9 Å². The van der Waals surface area contributed by atoms with Gasteiger partial charge in [-0.25, -0.2) is 0 Å². The highest BCUT2D eigenvalue weighted by Crippen LogP contribution is 2.33. The third-order valence-electron chi connectivity index (χ3n) is 5.81. The Morgan fingerprint density at radius 1 is 0.781 bits per heavy atom. The Balaban J connectivity index is 2.12. The van der Waals surface area contributed by atoms with Gasteiger partial charge in [-0.15, -0.1) is 0 Å². The van der Waals surface area contributed by atoms with Gasteiger partial charge in [0.2, 0.25) is 11.8 Å². The monoisotopic (exact) mass is 429 g/mol. The summed E-state index contributed by atoms with van der Waals surface area (Å²) in [6.45, 7) is 2.37. The molecule has 0 aliphatic carbocycles. The molecule has 0 heterocycles. The molecule has 0 unspecified atom stereocenters. The standard InChI is InChI=1S/C27H31N3O2/c1-20(21-12-5-2-6-13-21)30(24(26(29)31)18-11-19-28)27(32)25(22-14-7-3-8-15-22)23-16-9-4-10-17-23/h2-10,12-17,20,24-25H,11,18-19,28H2,1H3,(H2,29,31)/t20-,24-/m1/s1. The lowest BCUT2D eigenvalue weighted by Gasteiger charge is -2.38. The van der Waals surface area contributed by atoms with Crippen LogP contribution in [-0.2, 0) is 9.59 Å². The van der Waals surface area contributed by atoms with E-state index < -0.39 is 17.9 Å². The second kappa shape index (κ2) is 11.3. The molecule has 0 saturated carbocycles. The predicted molar refractivity (Wildman–Crippen MR) is 128 cm³/mol. The number of hydrogen-bond donors (Lipinski definition) is 2. The van der Waals surface area contributed by atoms with Crippen molar-refractivity contribution in [1.29, 1.82) is 0 Å². The van der Waals surface area contributed by atoms with E-state index in [1.54, 1.807) is 4.90 Å². The molecule has 3 rings (SSSR count). The van der Waals surface area contributed by atoms with E-state index in [2.05, 4.69) is 0 Å². The zero-order valence-corrected chi connectivity index (χ0v) is 18.4. The number of hydrogen-bond acceptors (Lipinski definition) is 3. The van der Waals surface area contributed by atoms with Crippen molar-refractivity contribution in [3.05, 3.63) is 108 Å². The Kier molecular flexibility index (Phi) is 8.17. The first-order valence-electron chi connectivity index (χ1n) is 11.0. The van der Waals surface area contributed by atoms with Gasteiger partial charge in [-0.05, 0) is 43.0 Å². The van der Waals surface area contributed by atoms with E-state index >= 15 is 0 Å². The third kappa shape index (κ3) is 5.42. The number of nitrogens with zero attached hydrogens (tertiary/aromatic N) is 1. The summed E-state index contributed by atoms with van der Waals surface area (Å²) >= 11 is 0. The van der Waals surface area contributed by atoms with Crippen molar-refractivity contribution in [2.75, 3.05) is 6.54 Å². The van der Waals surface area contributed by atoms with Gasteiger partial charge in [-0.1, -0.05) is 91.0 Å². The first-order valence-corrected chi connectivity index (χ1v) is 11.0. The minimum atomic E-state index is -0.754. The average Bonchev–Trinajstić information content (AvgIpc) is 2.83. The minimum Gasteiger partial charge on any atom is -0.368 e. The SMILES string of the molecule is C[C@H](c1ccccc1)N(C(=O)C(c1ccccc1)c1ccccc1)[C@H](CCCN)C(N)=O. The van der Waals surface area contributed by atoms with Crippen LogP contribution in [0.2, 0.25) is 0 Å². The van der Waals surface area contributed by atoms with Gasteiger partial charge in [0.1, 0.15) is 6.04 Å². The minimum absolute atomic E-state index is 0.153. The highest BCUT2D eigenvalue weighted by Gasteiger charge is 2.37. The van der Waals surface area contributed by atoms with Crippen molar-refractivity contribution < 1.29 is 9.59 Å². The maximum atomic E-state index is 14.3. The molecule has 5 heteroatoms. The summed E-state index contributed by atoms with van der Waals surface area (Å²) < 4.78 is 0. The first-order chi connectivity index (χ1) is 15.5. The molecule has 0 radical (unpaired) electrons. The molecular formula is C27H31N3O2. The van der Waals surface area contributed by atoms with Crippen LogP contribution in [0.3, 0.4) is 0 Å². The Labute approximate surface area is 190 Å². The zero-order valence-electron chi connectivity index (χ0n) is 18.4. The van der Waals surface area contributed by atoms with Crippen LogP contribution in [0.5, 0.6) is 0 Å². The van der Waals surface area contributed by atoms with E-state index in [9.17, 15) is 9.59 Å². The molecule has 2 amide bonds. The van der Waals surface area contributed by atoms with Crippen LogP contribution in [0.1, 0.15) is 48.4 Å². The zero-order chi connectivity index (χ0) is 22.9. The van der Waals surface area contributed by atoms with Crippen molar-refractivity contribution in [2.24, 2.45) is 11.5 Å². The molecule has 166 valence electrons. The molecule has 32 heavy (non-hydrogen) atoms. The highest BCUT2D eigenvalue weighted by molar-refractivity contribution is 5.92. The van der Waals surface area contributed by atoms with E-state index in [0.717, 1.165) is 16.7 Å². The topological polar surface area (TPSA) is 89.4 Å². The van der Waals surface area contributed by atoms with Crippen molar-refractivity contribution in [2.45, 2.75) is 37.8 Å². The van der Waals surface area contributed by atoms with Gasteiger partial charge in [-0.2, -0.15) is 0 Å². The lowest BCUT2D eigenvalue weighted by molar-refractivity contribution is -0.142. The normalized spacial score (nSPS) is 12.8. The molecule has 0 spiro atoms. The maximum Gasteiger partial charge on any atom is 0.240 e. The quantitative estimate of drug-likeness (QED) is 0.510. The van der Waals surface area contributed by atoms with E-state index in [1.165, 1.54) is 0 Å². The van der Waals surface area contributed by atoms with E-state index in [1.807, 2.05) is 97.9 Å². The molecule has 4 N–H and O–H groups in total. The molecule has 0 aliphatic heterocycles. The van der Waals surface area contributed by atoms with E-state index in [0.29, 0.717) is 19.4 Å². The highest BCUT2D eigenvalue weighted by atomic mass is 16.2. The first kappa shape index (κ1) is 23.2. The van der Waals surface area contributed by atoms with Gasteiger partial charge < -0.3 is 16.4 Å². The molecule has 3 aromatic rings. The molecule has 0 fully saturated rings. The van der Waals surface area contributed by atoms with Gasteiger partial charge in [0.15, 0.2) is 0 Å². The van der Waals surface area contributed by atoms with Gasteiger partial charge in [0, 0.05) is 0 Å². The Morgan fingerprint density at radius 2 is 1.22 bits per heavy atom. The van der Waals surface area contributed by atoms with Crippen molar-refractivity contribution in [3.63, 3.8) is 0 Å². The molecule has 2 atom stereocenters. The van der Waals surface area contributed by atoms with Gasteiger partial charge in [0.05, 0.1) is 12.0 Å². The fraction of sp³-hybridized carbons (Fsp3) is 0.259. The van der Waals surface area contributed by atoms with Crippen molar-refractivity contribution >= 4 is 11.8 Å². The second-order valence-electron chi connectivity index (χ2n) is 7.94. The third-order valence-corrected chi connectivity index (χ3v) is 5.81. The van der Waals surface area contributed by atoms with Crippen LogP contribution >= 0.6 is 0 Å². The average molecular weight is 430 g/mol. The number of primary amides is 1. The van der Waals surface area contributed by atoms with Crippen molar-refractivity contribution in [3.8, 4) is 0 Å². The molecule has 5 nitrogen and oxygen atoms in total. The number of rotatable bonds is 10. The van der Waals surface area contributed by atoms with Gasteiger partial charge in [0.25, 0.3) is 0 Å². The summed E-state index contributed by atoms with van der Waals surface area (Å²) in [5.41, 5.74) is 14.2. The lowest BCUT2D eigenvalue weighted by Crippen LogP contribution is -2.50. The predicted octanol–water partition coefficient (Wildman–Crippen LogP) is 4.00. The summed E-state index contributed by atoms with van der Waals surface area (Å²) in [6.07, 6.45) is 1.02. The van der Waals surface area contributed by atoms with Crippen LogP contribution in [0, 0.1) is 0 Å². The fourth-order valence-electron chi connectivity index (χ4n) is 4.15. The summed E-state index contributed by atoms with van der Waals surface area (Å²) in [4.78, 5) is 28.5. The van der Waals surface area contributed by atoms with Crippen LogP contribution < -0.4 is 11.5 Å². The molecule has 0 bridgehead atoms. The number of carbonyl (C=O) groups excluding carboxylic acids is 2. The number of carbonyl (C=O) groups is 2. The molecule has 0 aliphatic rings. The smallest absolute Gasteiger partial charge is 0.240 e. The van der Waals surface area contributed by atoms with Crippen LogP contribution in [-0.4, -0.2) is 29.3 Å².